The summed E-state index contributed by atoms with van der Waals surface area (Å²) in [4.78, 5) is 0. The number of benzene rings is 1. The standard InChI is InChI=1S/C12H12O3/c13-12-6-9(7-14-12)11-5-8-3-1-2-4-10(8)15-11/h1-5,9,12-13H,6-7H2/t9-,12?/m0/s1. The van der Waals surface area contributed by atoms with Crippen LogP contribution in [-0.2, 0) is 4.74 Å². The number of fused-ring (bicyclic) bond motifs is 1. The van der Waals surface area contributed by atoms with Crippen LogP contribution in [0.15, 0.2) is 34.7 Å². The van der Waals surface area contributed by atoms with Gasteiger partial charge in [-0.3, -0.25) is 0 Å². The number of hydrogen-bond donors (Lipinski definition) is 1. The van der Waals surface area contributed by atoms with Crippen molar-refractivity contribution in [3.05, 3.63) is 36.1 Å². The molecule has 0 saturated carbocycles. The molecule has 2 heterocycles. The van der Waals surface area contributed by atoms with Crippen LogP contribution in [0.2, 0.25) is 0 Å². The lowest BCUT2D eigenvalue weighted by atomic mass is 10.1. The van der Waals surface area contributed by atoms with Gasteiger partial charge >= 0.3 is 0 Å². The lowest BCUT2D eigenvalue weighted by Gasteiger charge is -2.00. The normalized spacial score (nSPS) is 26.2. The van der Waals surface area contributed by atoms with Gasteiger partial charge in [0.05, 0.1) is 6.61 Å². The first kappa shape index (κ1) is 8.95. The molecular formula is C12H12O3. The van der Waals surface area contributed by atoms with Crippen LogP contribution in [0.3, 0.4) is 0 Å². The van der Waals surface area contributed by atoms with Crippen molar-refractivity contribution in [1.29, 1.82) is 0 Å². The van der Waals surface area contributed by atoms with Gasteiger partial charge in [0.1, 0.15) is 11.3 Å². The predicted octanol–water partition coefficient (Wildman–Crippen LogP) is 2.26. The molecule has 2 atom stereocenters. The molecule has 0 spiro atoms. The highest BCUT2D eigenvalue weighted by molar-refractivity contribution is 5.77. The van der Waals surface area contributed by atoms with Crippen molar-refractivity contribution in [2.24, 2.45) is 0 Å². The van der Waals surface area contributed by atoms with E-state index in [0.717, 1.165) is 16.7 Å². The fourth-order valence-electron chi connectivity index (χ4n) is 2.01. The summed E-state index contributed by atoms with van der Waals surface area (Å²) in [5.41, 5.74) is 0.897. The maximum atomic E-state index is 9.27. The molecule has 1 aliphatic rings. The van der Waals surface area contributed by atoms with Crippen molar-refractivity contribution < 1.29 is 14.3 Å². The first-order chi connectivity index (χ1) is 7.33. The molecule has 15 heavy (non-hydrogen) atoms. The molecule has 1 aromatic heterocycles. The van der Waals surface area contributed by atoms with Gasteiger partial charge in [-0.1, -0.05) is 18.2 Å². The summed E-state index contributed by atoms with van der Waals surface area (Å²) in [6.07, 6.45) is -0.0111. The quantitative estimate of drug-likeness (QED) is 0.774. The van der Waals surface area contributed by atoms with E-state index in [-0.39, 0.29) is 5.92 Å². The Labute approximate surface area is 87.3 Å². The largest absolute Gasteiger partial charge is 0.461 e. The van der Waals surface area contributed by atoms with E-state index < -0.39 is 6.29 Å². The monoisotopic (exact) mass is 204 g/mol. The molecule has 1 N–H and O–H groups in total. The van der Waals surface area contributed by atoms with Gasteiger partial charge in [0.15, 0.2) is 6.29 Å². The Kier molecular flexibility index (Phi) is 2.01. The highest BCUT2D eigenvalue weighted by Gasteiger charge is 2.27. The predicted molar refractivity (Wildman–Crippen MR) is 55.5 cm³/mol. The van der Waals surface area contributed by atoms with E-state index in [1.165, 1.54) is 0 Å². The van der Waals surface area contributed by atoms with Gasteiger partial charge in [0.2, 0.25) is 0 Å². The smallest absolute Gasteiger partial charge is 0.155 e. The Bertz CT molecular complexity index is 441. The maximum absolute atomic E-state index is 9.27. The van der Waals surface area contributed by atoms with Crippen molar-refractivity contribution >= 4 is 11.0 Å². The number of ether oxygens (including phenoxy) is 1. The van der Waals surface area contributed by atoms with Crippen LogP contribution in [0, 0.1) is 0 Å². The van der Waals surface area contributed by atoms with Crippen molar-refractivity contribution in [1.82, 2.24) is 0 Å². The number of furan rings is 1. The lowest BCUT2D eigenvalue weighted by molar-refractivity contribution is -0.0590. The molecule has 0 bridgehead atoms. The molecule has 1 saturated heterocycles. The zero-order valence-electron chi connectivity index (χ0n) is 8.22. The summed E-state index contributed by atoms with van der Waals surface area (Å²) < 4.78 is 10.8. The number of hydrogen-bond acceptors (Lipinski definition) is 3. The third kappa shape index (κ3) is 1.54. The molecule has 3 nitrogen and oxygen atoms in total. The van der Waals surface area contributed by atoms with Crippen molar-refractivity contribution in [2.75, 3.05) is 6.61 Å². The second-order valence-corrected chi connectivity index (χ2v) is 3.91. The first-order valence-corrected chi connectivity index (χ1v) is 5.11. The number of aliphatic hydroxyl groups excluding tert-OH is 1. The second kappa shape index (κ2) is 3.36. The zero-order valence-corrected chi connectivity index (χ0v) is 8.22. The molecular weight excluding hydrogens is 192 g/mol. The number of aliphatic hydroxyl groups is 1. The molecule has 1 unspecified atom stereocenters. The fourth-order valence-corrected chi connectivity index (χ4v) is 2.01. The maximum Gasteiger partial charge on any atom is 0.155 e. The van der Waals surface area contributed by atoms with Crippen molar-refractivity contribution in [3.63, 3.8) is 0 Å². The Morgan fingerprint density at radius 2 is 2.13 bits per heavy atom. The Balaban J connectivity index is 1.98. The molecule has 1 aromatic carbocycles. The third-order valence-corrected chi connectivity index (χ3v) is 2.82. The van der Waals surface area contributed by atoms with E-state index in [0.29, 0.717) is 13.0 Å². The lowest BCUT2D eigenvalue weighted by Crippen LogP contribution is -2.00. The summed E-state index contributed by atoms with van der Waals surface area (Å²) in [6, 6.07) is 9.94. The van der Waals surface area contributed by atoms with Crippen LogP contribution in [0.25, 0.3) is 11.0 Å². The van der Waals surface area contributed by atoms with E-state index in [9.17, 15) is 5.11 Å². The van der Waals surface area contributed by atoms with E-state index in [1.54, 1.807) is 0 Å². The highest BCUT2D eigenvalue weighted by Crippen LogP contribution is 2.32. The van der Waals surface area contributed by atoms with Gasteiger partial charge in [0, 0.05) is 17.7 Å². The average Bonchev–Trinajstić information content (AvgIpc) is 2.82. The SMILES string of the molecule is OC1C[C@H](c2cc3ccccc3o2)CO1. The zero-order chi connectivity index (χ0) is 10.3. The van der Waals surface area contributed by atoms with Crippen molar-refractivity contribution in [2.45, 2.75) is 18.6 Å². The first-order valence-electron chi connectivity index (χ1n) is 5.11. The average molecular weight is 204 g/mol. The van der Waals surface area contributed by atoms with Gasteiger partial charge in [0.25, 0.3) is 0 Å². The molecule has 3 rings (SSSR count). The summed E-state index contributed by atoms with van der Waals surface area (Å²) in [5.74, 6) is 1.10. The molecule has 78 valence electrons. The van der Waals surface area contributed by atoms with Crippen LogP contribution in [0.4, 0.5) is 0 Å². The molecule has 0 radical (unpaired) electrons. The number of rotatable bonds is 1. The molecule has 3 heteroatoms. The number of para-hydroxylation sites is 1. The Morgan fingerprint density at radius 1 is 1.27 bits per heavy atom. The fraction of sp³-hybridized carbons (Fsp3) is 0.333. The van der Waals surface area contributed by atoms with E-state index >= 15 is 0 Å². The van der Waals surface area contributed by atoms with Crippen LogP contribution in [0.5, 0.6) is 0 Å². The summed E-state index contributed by atoms with van der Waals surface area (Å²) in [6.45, 7) is 0.543. The second-order valence-electron chi connectivity index (χ2n) is 3.91. The highest BCUT2D eigenvalue weighted by atomic mass is 16.6. The summed E-state index contributed by atoms with van der Waals surface area (Å²) in [7, 11) is 0. The van der Waals surface area contributed by atoms with Crippen LogP contribution >= 0.6 is 0 Å². The minimum Gasteiger partial charge on any atom is -0.461 e. The summed E-state index contributed by atoms with van der Waals surface area (Å²) >= 11 is 0. The Morgan fingerprint density at radius 3 is 2.87 bits per heavy atom. The van der Waals surface area contributed by atoms with Crippen LogP contribution in [0.1, 0.15) is 18.1 Å². The minimum absolute atomic E-state index is 0.187. The van der Waals surface area contributed by atoms with Crippen LogP contribution < -0.4 is 0 Å². The molecule has 0 aliphatic carbocycles. The van der Waals surface area contributed by atoms with Gasteiger partial charge in [-0.05, 0) is 12.1 Å². The molecule has 0 amide bonds. The van der Waals surface area contributed by atoms with Gasteiger partial charge in [-0.2, -0.15) is 0 Å². The van der Waals surface area contributed by atoms with E-state index in [1.807, 2.05) is 30.3 Å². The van der Waals surface area contributed by atoms with E-state index in [2.05, 4.69) is 0 Å². The van der Waals surface area contributed by atoms with E-state index in [4.69, 9.17) is 9.15 Å². The minimum atomic E-state index is -0.636. The molecule has 2 aromatic rings. The van der Waals surface area contributed by atoms with Gasteiger partial charge < -0.3 is 14.3 Å². The van der Waals surface area contributed by atoms with Crippen LogP contribution in [-0.4, -0.2) is 18.0 Å². The van der Waals surface area contributed by atoms with Gasteiger partial charge in [-0.15, -0.1) is 0 Å². The third-order valence-electron chi connectivity index (χ3n) is 2.82. The Hall–Kier alpha value is -1.32. The van der Waals surface area contributed by atoms with Crippen molar-refractivity contribution in [3.8, 4) is 0 Å². The van der Waals surface area contributed by atoms with Gasteiger partial charge in [-0.25, -0.2) is 0 Å². The summed E-state index contributed by atoms with van der Waals surface area (Å²) in [5, 5.41) is 10.4. The molecule has 1 fully saturated rings. The molecule has 1 aliphatic heterocycles. The topological polar surface area (TPSA) is 42.6 Å².